The number of aromatic nitrogens is 2. The lowest BCUT2D eigenvalue weighted by Gasteiger charge is -2.13. The van der Waals surface area contributed by atoms with Crippen LogP contribution in [0.1, 0.15) is 31.4 Å². The van der Waals surface area contributed by atoms with Gasteiger partial charge in [-0.05, 0) is 56.5 Å². The van der Waals surface area contributed by atoms with Crippen molar-refractivity contribution in [3.05, 3.63) is 45.5 Å². The molecule has 0 saturated heterocycles. The zero-order chi connectivity index (χ0) is 19.6. The van der Waals surface area contributed by atoms with Crippen LogP contribution in [0.15, 0.2) is 24.3 Å². The molecule has 7 heteroatoms. The van der Waals surface area contributed by atoms with E-state index in [0.717, 1.165) is 28.6 Å². The van der Waals surface area contributed by atoms with Crippen LogP contribution >= 0.6 is 0 Å². The van der Waals surface area contributed by atoms with Crippen LogP contribution in [-0.2, 0) is 0 Å². The number of nitro groups is 1. The Bertz CT molecular complexity index is 956. The Balaban J connectivity index is 2.16. The topological polar surface area (TPSA) is 90.3 Å². The fraction of sp³-hybridized carbons (Fsp3) is 0.350. The van der Waals surface area contributed by atoms with Crippen molar-refractivity contribution in [2.45, 2.75) is 34.1 Å². The molecule has 7 nitrogen and oxygen atoms in total. The number of rotatable bonds is 7. The van der Waals surface area contributed by atoms with E-state index in [0.29, 0.717) is 30.4 Å². The first-order valence-electron chi connectivity index (χ1n) is 9.00. The van der Waals surface area contributed by atoms with E-state index in [-0.39, 0.29) is 11.4 Å². The lowest BCUT2D eigenvalue weighted by molar-refractivity contribution is -0.385. The van der Waals surface area contributed by atoms with Gasteiger partial charge in [-0.1, -0.05) is 6.92 Å². The van der Waals surface area contributed by atoms with Gasteiger partial charge in [-0.3, -0.25) is 10.1 Å². The molecule has 0 unspecified atom stereocenters. The summed E-state index contributed by atoms with van der Waals surface area (Å²) >= 11 is 0. The Morgan fingerprint density at radius 1 is 1.11 bits per heavy atom. The van der Waals surface area contributed by atoms with Crippen LogP contribution in [-0.4, -0.2) is 28.1 Å². The minimum atomic E-state index is -0.450. The molecule has 27 heavy (non-hydrogen) atoms. The van der Waals surface area contributed by atoms with Gasteiger partial charge in [0.05, 0.1) is 29.2 Å². The van der Waals surface area contributed by atoms with Gasteiger partial charge in [0, 0.05) is 11.6 Å². The second-order valence-electron chi connectivity index (χ2n) is 6.40. The summed E-state index contributed by atoms with van der Waals surface area (Å²) in [5.74, 6) is 1.07. The molecule has 1 aromatic heterocycles. The third-order valence-corrected chi connectivity index (χ3v) is 4.35. The van der Waals surface area contributed by atoms with Crippen LogP contribution in [0, 0.1) is 24.0 Å². The molecule has 0 radical (unpaired) electrons. The summed E-state index contributed by atoms with van der Waals surface area (Å²) in [6.45, 7) is 8.59. The molecular formula is C20H23N3O4. The van der Waals surface area contributed by atoms with Crippen molar-refractivity contribution in [2.24, 2.45) is 0 Å². The van der Waals surface area contributed by atoms with Crippen molar-refractivity contribution in [1.29, 1.82) is 0 Å². The molecule has 0 aliphatic rings. The van der Waals surface area contributed by atoms with Crippen LogP contribution < -0.4 is 9.47 Å². The van der Waals surface area contributed by atoms with Crippen LogP contribution in [0.25, 0.3) is 22.4 Å². The Hall–Kier alpha value is -3.09. The number of aromatic amines is 1. The van der Waals surface area contributed by atoms with Gasteiger partial charge in [0.25, 0.3) is 0 Å². The predicted molar refractivity (Wildman–Crippen MR) is 105 cm³/mol. The highest BCUT2D eigenvalue weighted by Gasteiger charge is 2.24. The number of hydrogen-bond donors (Lipinski definition) is 1. The average Bonchev–Trinajstić information content (AvgIpc) is 3.03. The molecule has 0 aliphatic carbocycles. The Kier molecular flexibility index (Phi) is 5.30. The lowest BCUT2D eigenvalue weighted by Crippen LogP contribution is -2.04. The van der Waals surface area contributed by atoms with Crippen molar-refractivity contribution >= 4 is 16.7 Å². The molecular weight excluding hydrogens is 346 g/mol. The lowest BCUT2D eigenvalue weighted by atomic mass is 10.1. The first-order chi connectivity index (χ1) is 12.9. The van der Waals surface area contributed by atoms with E-state index in [1.165, 1.54) is 6.07 Å². The SMILES string of the molecule is CCCOc1c(OCC)cc(-c2nc3cc(C)c(C)cc3[nH]2)cc1[N+](=O)[O-]. The molecule has 3 aromatic rings. The highest BCUT2D eigenvalue weighted by molar-refractivity contribution is 5.82. The van der Waals surface area contributed by atoms with Crippen molar-refractivity contribution in [2.75, 3.05) is 13.2 Å². The van der Waals surface area contributed by atoms with E-state index in [9.17, 15) is 10.1 Å². The van der Waals surface area contributed by atoms with Crippen LogP contribution in [0.3, 0.4) is 0 Å². The van der Waals surface area contributed by atoms with Gasteiger partial charge in [0.1, 0.15) is 5.82 Å². The molecule has 0 spiro atoms. The summed E-state index contributed by atoms with van der Waals surface area (Å²) in [4.78, 5) is 19.0. The fourth-order valence-electron chi connectivity index (χ4n) is 2.88. The smallest absolute Gasteiger partial charge is 0.315 e. The molecule has 1 N–H and O–H groups in total. The number of H-pyrrole nitrogens is 1. The molecule has 3 rings (SSSR count). The van der Waals surface area contributed by atoms with E-state index in [2.05, 4.69) is 9.97 Å². The maximum Gasteiger partial charge on any atom is 0.315 e. The van der Waals surface area contributed by atoms with E-state index in [1.54, 1.807) is 6.07 Å². The fourth-order valence-corrected chi connectivity index (χ4v) is 2.88. The first-order valence-corrected chi connectivity index (χ1v) is 9.00. The maximum absolute atomic E-state index is 11.6. The summed E-state index contributed by atoms with van der Waals surface area (Å²) < 4.78 is 11.2. The number of ether oxygens (including phenoxy) is 2. The van der Waals surface area contributed by atoms with Gasteiger partial charge in [-0.15, -0.1) is 0 Å². The number of benzene rings is 2. The standard InChI is InChI=1S/C20H23N3O4/c1-5-7-27-19-17(23(24)25)10-14(11-18(19)26-6-2)20-21-15-8-12(3)13(4)9-16(15)22-20/h8-11H,5-7H2,1-4H3,(H,21,22). The first kappa shape index (κ1) is 18.7. The van der Waals surface area contributed by atoms with Gasteiger partial charge in [-0.25, -0.2) is 4.98 Å². The van der Waals surface area contributed by atoms with Crippen LogP contribution in [0.4, 0.5) is 5.69 Å². The molecule has 2 aromatic carbocycles. The monoisotopic (exact) mass is 369 g/mol. The van der Waals surface area contributed by atoms with E-state index >= 15 is 0 Å². The van der Waals surface area contributed by atoms with E-state index in [4.69, 9.17) is 9.47 Å². The predicted octanol–water partition coefficient (Wildman–Crippen LogP) is 4.94. The third kappa shape index (κ3) is 3.72. The molecule has 0 fully saturated rings. The van der Waals surface area contributed by atoms with Gasteiger partial charge >= 0.3 is 5.69 Å². The van der Waals surface area contributed by atoms with Crippen LogP contribution in [0.2, 0.25) is 0 Å². The van der Waals surface area contributed by atoms with Crippen molar-refractivity contribution in [3.8, 4) is 22.9 Å². The number of nitro benzene ring substituents is 1. The molecule has 0 atom stereocenters. The Labute approximate surface area is 157 Å². The number of nitrogens with one attached hydrogen (secondary N) is 1. The quantitative estimate of drug-likeness (QED) is 0.470. The molecule has 0 bridgehead atoms. The second kappa shape index (κ2) is 7.65. The summed E-state index contributed by atoms with van der Waals surface area (Å²) in [7, 11) is 0. The minimum absolute atomic E-state index is 0.128. The van der Waals surface area contributed by atoms with Crippen LogP contribution in [0.5, 0.6) is 11.5 Å². The Morgan fingerprint density at radius 2 is 1.85 bits per heavy atom. The molecule has 0 amide bonds. The van der Waals surface area contributed by atoms with Crippen molar-refractivity contribution in [1.82, 2.24) is 9.97 Å². The summed E-state index contributed by atoms with van der Waals surface area (Å²) in [6, 6.07) is 7.24. The van der Waals surface area contributed by atoms with Gasteiger partial charge < -0.3 is 14.5 Å². The molecule has 0 aliphatic heterocycles. The number of imidazole rings is 1. The average molecular weight is 369 g/mol. The van der Waals surface area contributed by atoms with E-state index < -0.39 is 4.92 Å². The van der Waals surface area contributed by atoms with E-state index in [1.807, 2.05) is 39.8 Å². The normalized spacial score (nSPS) is 11.0. The minimum Gasteiger partial charge on any atom is -0.490 e. The molecule has 0 saturated carbocycles. The second-order valence-corrected chi connectivity index (χ2v) is 6.40. The Morgan fingerprint density at radius 3 is 2.52 bits per heavy atom. The highest BCUT2D eigenvalue weighted by atomic mass is 16.6. The number of aryl methyl sites for hydroxylation is 2. The van der Waals surface area contributed by atoms with Gasteiger partial charge in [0.2, 0.25) is 5.75 Å². The summed E-state index contributed by atoms with van der Waals surface area (Å²) in [5.41, 5.74) is 4.46. The molecule has 1 heterocycles. The summed E-state index contributed by atoms with van der Waals surface area (Å²) in [5, 5.41) is 11.6. The zero-order valence-corrected chi connectivity index (χ0v) is 16.0. The highest BCUT2D eigenvalue weighted by Crippen LogP contribution is 2.41. The number of fused-ring (bicyclic) bond motifs is 1. The summed E-state index contributed by atoms with van der Waals surface area (Å²) in [6.07, 6.45) is 0.743. The molecule has 142 valence electrons. The number of hydrogen-bond acceptors (Lipinski definition) is 5. The van der Waals surface area contributed by atoms with Crippen molar-refractivity contribution in [3.63, 3.8) is 0 Å². The zero-order valence-electron chi connectivity index (χ0n) is 16.0. The number of nitrogens with zero attached hydrogens (tertiary/aromatic N) is 2. The van der Waals surface area contributed by atoms with Gasteiger partial charge in [-0.2, -0.15) is 0 Å². The third-order valence-electron chi connectivity index (χ3n) is 4.35. The van der Waals surface area contributed by atoms with Gasteiger partial charge in [0.15, 0.2) is 5.75 Å². The largest absolute Gasteiger partial charge is 0.490 e. The van der Waals surface area contributed by atoms with Crippen molar-refractivity contribution < 1.29 is 14.4 Å². The maximum atomic E-state index is 11.6.